The Morgan fingerprint density at radius 2 is 1.76 bits per heavy atom. The second kappa shape index (κ2) is 15.1. The molecule has 0 amide bonds. The van der Waals surface area contributed by atoms with Crippen LogP contribution in [0.4, 0.5) is 0 Å². The number of nitrogens with zero attached hydrogens (tertiary/aromatic N) is 5. The van der Waals surface area contributed by atoms with E-state index in [1.165, 1.54) is 6.92 Å². The monoisotopic (exact) mass is 762 g/mol. The van der Waals surface area contributed by atoms with E-state index in [0.29, 0.717) is 24.6 Å². The smallest absolute Gasteiger partial charge is 0.361 e. The van der Waals surface area contributed by atoms with Gasteiger partial charge >= 0.3 is 11.9 Å². The minimum atomic E-state index is -0.706. The topological polar surface area (TPSA) is 125 Å². The van der Waals surface area contributed by atoms with Crippen LogP contribution in [0, 0.1) is 0 Å². The lowest BCUT2D eigenvalue weighted by molar-refractivity contribution is -0.149. The number of imidazole rings is 1. The van der Waals surface area contributed by atoms with E-state index in [0.717, 1.165) is 35.1 Å². The molecule has 2 aromatic carbocycles. The summed E-state index contributed by atoms with van der Waals surface area (Å²) in [5.74, 6) is -0.0535. The fourth-order valence-corrected chi connectivity index (χ4v) is 4.05. The Balaban J connectivity index is 0.00000195. The van der Waals surface area contributed by atoms with Crippen molar-refractivity contribution >= 4 is 60.8 Å². The van der Waals surface area contributed by atoms with Crippen LogP contribution in [0.2, 0.25) is 5.15 Å². The molecule has 2 heterocycles. The molecule has 0 unspecified atom stereocenters. The zero-order valence-electron chi connectivity index (χ0n) is 20.7. The highest BCUT2D eigenvalue weighted by atomic mass is 128. The summed E-state index contributed by atoms with van der Waals surface area (Å²) in [6, 6.07) is 15.8. The van der Waals surface area contributed by atoms with E-state index in [2.05, 4.69) is 69.8 Å². The summed E-state index contributed by atoms with van der Waals surface area (Å²) in [5, 5.41) is 14.4. The second-order valence-electron chi connectivity index (χ2n) is 8.02. The molecule has 0 radical (unpaired) electrons. The lowest BCUT2D eigenvalue weighted by Gasteiger charge is -2.13. The number of aryl methyl sites for hydroxylation is 1. The van der Waals surface area contributed by atoms with Gasteiger partial charge in [-0.1, -0.05) is 73.5 Å². The summed E-state index contributed by atoms with van der Waals surface area (Å²) in [6.07, 6.45) is 2.51. The van der Waals surface area contributed by atoms with Crippen LogP contribution >= 0.6 is 48.8 Å². The second-order valence-corrected chi connectivity index (χ2v) is 8.38. The van der Waals surface area contributed by atoms with Crippen molar-refractivity contribution in [1.82, 2.24) is 30.2 Å². The Hall–Kier alpha value is -2.59. The highest BCUT2D eigenvalue weighted by Crippen LogP contribution is 2.30. The van der Waals surface area contributed by atoms with Crippen molar-refractivity contribution in [1.29, 1.82) is 0 Å². The summed E-state index contributed by atoms with van der Waals surface area (Å²) in [4.78, 5) is 28.2. The van der Waals surface area contributed by atoms with Gasteiger partial charge in [0.2, 0.25) is 12.6 Å². The van der Waals surface area contributed by atoms with Gasteiger partial charge in [0, 0.05) is 62.7 Å². The van der Waals surface area contributed by atoms with Crippen molar-refractivity contribution in [3.8, 4) is 22.5 Å². The lowest BCUT2D eigenvalue weighted by atomic mass is 9.98. The van der Waals surface area contributed by atoms with Gasteiger partial charge in [-0.05, 0) is 28.3 Å². The number of aromatic amines is 1. The number of ether oxygens (including phenoxy) is 2. The number of rotatable bonds is 10. The molecule has 0 saturated carbocycles. The summed E-state index contributed by atoms with van der Waals surface area (Å²) >= 11 is 10.6. The number of benzene rings is 2. The van der Waals surface area contributed by atoms with Crippen LogP contribution in [0.1, 0.15) is 48.6 Å². The number of carbonyl (C=O) groups is 2. The summed E-state index contributed by atoms with van der Waals surface area (Å²) in [5.41, 5.74) is 3.88. The highest BCUT2D eigenvalue weighted by molar-refractivity contribution is 15.0. The van der Waals surface area contributed by atoms with Gasteiger partial charge in [0.15, 0.2) is 10.8 Å². The Kier molecular flexibility index (Phi) is 11.9. The molecule has 0 bridgehead atoms. The maximum atomic E-state index is 12.8. The summed E-state index contributed by atoms with van der Waals surface area (Å²) in [7, 11) is 0. The predicted octanol–water partition coefficient (Wildman–Crippen LogP) is 6.22. The van der Waals surface area contributed by atoms with Crippen LogP contribution in [-0.4, -0.2) is 48.9 Å². The minimum absolute atomic E-state index is 0.0552. The fourth-order valence-electron chi connectivity index (χ4n) is 3.77. The van der Waals surface area contributed by atoms with Gasteiger partial charge in [-0.3, -0.25) is 4.79 Å². The van der Waals surface area contributed by atoms with Gasteiger partial charge in [0.25, 0.3) is 0 Å². The minimum Gasteiger partial charge on any atom is -0.428 e. The molecule has 4 rings (SSSR count). The van der Waals surface area contributed by atoms with E-state index in [1.54, 1.807) is 4.57 Å². The number of esters is 2. The van der Waals surface area contributed by atoms with E-state index in [9.17, 15) is 9.59 Å². The first kappa shape index (κ1) is 30.0. The van der Waals surface area contributed by atoms with Crippen molar-refractivity contribution in [3.63, 3.8) is 0 Å². The molecule has 10 nitrogen and oxygen atoms in total. The van der Waals surface area contributed by atoms with Crippen LogP contribution < -0.4 is 0 Å². The van der Waals surface area contributed by atoms with Gasteiger partial charge in [-0.2, -0.15) is 5.21 Å². The lowest BCUT2D eigenvalue weighted by Crippen LogP contribution is -2.17. The Morgan fingerprint density at radius 1 is 1.05 bits per heavy atom. The largest absolute Gasteiger partial charge is 0.428 e. The number of hydrogen-bond acceptors (Lipinski definition) is 8. The third-order valence-corrected chi connectivity index (χ3v) is 5.79. The molecule has 0 atom stereocenters. The molecule has 0 aliphatic heterocycles. The van der Waals surface area contributed by atoms with Crippen molar-refractivity contribution in [3.05, 3.63) is 70.8 Å². The maximum absolute atomic E-state index is 12.8. The van der Waals surface area contributed by atoms with E-state index in [4.69, 9.17) is 21.1 Å². The number of unbranched alkanes of at least 4 members (excludes halogenated alkanes) is 1. The zero-order chi connectivity index (χ0) is 27.5. The molecule has 200 valence electrons. The number of nitrogens with one attached hydrogen (secondary N) is 1. The van der Waals surface area contributed by atoms with E-state index < -0.39 is 18.7 Å². The molecule has 0 spiro atoms. The number of halogens is 3. The Bertz CT molecular complexity index is 1350. The third-order valence-electron chi connectivity index (χ3n) is 5.52. The number of carbonyl (C=O) groups excluding carboxylic acids is 2. The molecule has 2 aromatic heterocycles. The molecule has 0 fully saturated rings. The number of hydrogen-bond donors (Lipinski definition) is 1. The van der Waals surface area contributed by atoms with Crippen molar-refractivity contribution < 1.29 is 19.1 Å². The molecule has 13 heteroatoms. The van der Waals surface area contributed by atoms with Crippen LogP contribution in [0.15, 0.2) is 48.5 Å². The van der Waals surface area contributed by atoms with E-state index in [1.807, 2.05) is 48.5 Å². The zero-order valence-corrected chi connectivity index (χ0v) is 25.7. The van der Waals surface area contributed by atoms with Gasteiger partial charge in [0.1, 0.15) is 5.82 Å². The average molecular weight is 763 g/mol. The quantitative estimate of drug-likeness (QED) is 0.115. The SMILES string of the molecule is CCCCc1nc(Cl)c(C(=O)OCOC(C)=O)n1Cc1ccc(-c2ccccc2-c2nn[nH]n2)cc1.II. The van der Waals surface area contributed by atoms with Gasteiger partial charge in [0.05, 0.1) is 0 Å². The molecule has 0 aliphatic carbocycles. The number of tetrazole rings is 1. The number of aromatic nitrogens is 6. The molecular weight excluding hydrogens is 738 g/mol. The molecule has 0 aliphatic rings. The Labute approximate surface area is 248 Å². The average Bonchev–Trinajstić information content (AvgIpc) is 3.57. The molecule has 1 N–H and O–H groups in total. The first-order valence-electron chi connectivity index (χ1n) is 11.6. The van der Waals surface area contributed by atoms with E-state index in [-0.39, 0.29) is 10.8 Å². The summed E-state index contributed by atoms with van der Waals surface area (Å²) in [6.45, 7) is 3.18. The highest BCUT2D eigenvalue weighted by Gasteiger charge is 2.24. The summed E-state index contributed by atoms with van der Waals surface area (Å²) < 4.78 is 11.6. The van der Waals surface area contributed by atoms with E-state index >= 15 is 0 Å². The maximum Gasteiger partial charge on any atom is 0.361 e. The first-order valence-corrected chi connectivity index (χ1v) is 18.3. The fraction of sp³-hybridized carbons (Fsp3) is 0.280. The van der Waals surface area contributed by atoms with Gasteiger partial charge < -0.3 is 14.0 Å². The number of H-pyrrole nitrogens is 1. The van der Waals surface area contributed by atoms with Crippen LogP contribution in [0.25, 0.3) is 22.5 Å². The standard InChI is InChI=1S/C25H25ClN6O4.I2/c1-3-4-9-21-27-23(26)22(25(34)36-15-35-16(2)33)32(21)14-17-10-12-18(13-11-17)19-7-5-6-8-20(19)24-28-30-31-29-24;1-2/h5-8,10-13H,3-4,9,14-15H2,1-2H3,(H,28,29,30,31);. The first-order chi connectivity index (χ1) is 18.5. The van der Waals surface area contributed by atoms with Gasteiger partial charge in [-0.25, -0.2) is 9.78 Å². The van der Waals surface area contributed by atoms with Crippen LogP contribution in [0.3, 0.4) is 0 Å². The van der Waals surface area contributed by atoms with Gasteiger partial charge in [-0.15, -0.1) is 10.2 Å². The van der Waals surface area contributed by atoms with Crippen molar-refractivity contribution in [2.75, 3.05) is 6.79 Å². The Morgan fingerprint density at radius 3 is 2.39 bits per heavy atom. The molecule has 0 saturated heterocycles. The molecule has 4 aromatic rings. The van der Waals surface area contributed by atoms with Crippen molar-refractivity contribution in [2.24, 2.45) is 0 Å². The van der Waals surface area contributed by atoms with Crippen molar-refractivity contribution in [2.45, 2.75) is 39.7 Å². The van der Waals surface area contributed by atoms with Crippen LogP contribution in [0.5, 0.6) is 0 Å². The normalized spacial score (nSPS) is 10.4. The van der Waals surface area contributed by atoms with Crippen LogP contribution in [-0.2, 0) is 27.2 Å². The molecular formula is C25H25ClI2N6O4. The molecule has 38 heavy (non-hydrogen) atoms. The predicted molar refractivity (Wildman–Crippen MR) is 160 cm³/mol. The third kappa shape index (κ3) is 7.72.